The molecule has 0 aliphatic rings. The van der Waals surface area contributed by atoms with Crippen molar-refractivity contribution in [1.82, 2.24) is 19.6 Å². The van der Waals surface area contributed by atoms with Crippen molar-refractivity contribution < 1.29 is 0 Å². The van der Waals surface area contributed by atoms with Gasteiger partial charge < -0.3 is 10.6 Å². The minimum Gasteiger partial charge on any atom is -0.357 e. The summed E-state index contributed by atoms with van der Waals surface area (Å²) in [6.07, 6.45) is 2.05. The van der Waals surface area contributed by atoms with Gasteiger partial charge >= 0.3 is 0 Å². The van der Waals surface area contributed by atoms with Crippen LogP contribution in [0, 0.1) is 6.92 Å². The maximum atomic E-state index is 5.61. The molecule has 0 radical (unpaired) electrons. The molecule has 0 aliphatic carbocycles. The van der Waals surface area contributed by atoms with E-state index >= 15 is 0 Å². The Kier molecular flexibility index (Phi) is 4.66. The SMILES string of the molecule is Cc1nnc2c(N(C)CCCCN)nc3cc(C(C)C)ccc3n12. The van der Waals surface area contributed by atoms with Gasteiger partial charge in [0.25, 0.3) is 0 Å². The number of benzene rings is 1. The van der Waals surface area contributed by atoms with Crippen LogP contribution in [0.25, 0.3) is 16.7 Å². The fourth-order valence-corrected chi connectivity index (χ4v) is 2.99. The van der Waals surface area contributed by atoms with E-state index in [1.54, 1.807) is 0 Å². The molecule has 6 heteroatoms. The van der Waals surface area contributed by atoms with Crippen LogP contribution >= 0.6 is 0 Å². The summed E-state index contributed by atoms with van der Waals surface area (Å²) >= 11 is 0. The van der Waals surface area contributed by atoms with Crippen molar-refractivity contribution in [1.29, 1.82) is 0 Å². The molecule has 24 heavy (non-hydrogen) atoms. The number of unbranched alkanes of at least 4 members (excludes halogenated alkanes) is 1. The van der Waals surface area contributed by atoms with Crippen molar-refractivity contribution >= 4 is 22.5 Å². The Morgan fingerprint density at radius 3 is 2.71 bits per heavy atom. The zero-order valence-corrected chi connectivity index (χ0v) is 15.0. The molecule has 0 spiro atoms. The molecule has 0 bridgehead atoms. The molecule has 0 saturated carbocycles. The lowest BCUT2D eigenvalue weighted by atomic mass is 10.0. The summed E-state index contributed by atoms with van der Waals surface area (Å²) in [4.78, 5) is 7.06. The Labute approximate surface area is 142 Å². The summed E-state index contributed by atoms with van der Waals surface area (Å²) in [6, 6.07) is 6.47. The van der Waals surface area contributed by atoms with E-state index in [-0.39, 0.29) is 0 Å². The number of nitrogens with two attached hydrogens (primary N) is 1. The number of fused-ring (bicyclic) bond motifs is 3. The minimum absolute atomic E-state index is 0.472. The van der Waals surface area contributed by atoms with Crippen molar-refractivity contribution in [2.24, 2.45) is 5.73 Å². The molecule has 0 aliphatic heterocycles. The third-order valence-corrected chi connectivity index (χ3v) is 4.47. The first kappa shape index (κ1) is 16.6. The molecule has 6 nitrogen and oxygen atoms in total. The molecule has 0 atom stereocenters. The topological polar surface area (TPSA) is 72.3 Å². The van der Waals surface area contributed by atoms with Crippen LogP contribution in [-0.4, -0.2) is 39.7 Å². The molecule has 0 fully saturated rings. The Hall–Kier alpha value is -2.21. The molecule has 2 N–H and O–H groups in total. The summed E-state index contributed by atoms with van der Waals surface area (Å²) in [5, 5.41) is 8.63. The highest BCUT2D eigenvalue weighted by atomic mass is 15.3. The Morgan fingerprint density at radius 1 is 1.21 bits per heavy atom. The second-order valence-corrected chi connectivity index (χ2v) is 6.66. The zero-order chi connectivity index (χ0) is 17.3. The van der Waals surface area contributed by atoms with E-state index in [4.69, 9.17) is 10.7 Å². The number of anilines is 1. The van der Waals surface area contributed by atoms with Gasteiger partial charge in [-0.1, -0.05) is 19.9 Å². The largest absolute Gasteiger partial charge is 0.357 e. The molecule has 0 saturated heterocycles. The molecular formula is C18H26N6. The zero-order valence-electron chi connectivity index (χ0n) is 15.0. The van der Waals surface area contributed by atoms with Crippen molar-refractivity contribution in [3.63, 3.8) is 0 Å². The van der Waals surface area contributed by atoms with Gasteiger partial charge in [0.1, 0.15) is 5.82 Å². The van der Waals surface area contributed by atoms with Gasteiger partial charge in [-0.15, -0.1) is 10.2 Å². The summed E-state index contributed by atoms with van der Waals surface area (Å²) < 4.78 is 2.10. The summed E-state index contributed by atoms with van der Waals surface area (Å²) in [5.74, 6) is 2.23. The van der Waals surface area contributed by atoms with Crippen LogP contribution < -0.4 is 10.6 Å². The van der Waals surface area contributed by atoms with Gasteiger partial charge in [0.05, 0.1) is 11.0 Å². The summed E-state index contributed by atoms with van der Waals surface area (Å²) in [6.45, 7) is 8.00. The molecule has 128 valence electrons. The van der Waals surface area contributed by atoms with E-state index in [1.807, 2.05) is 6.92 Å². The first-order chi connectivity index (χ1) is 11.5. The molecule has 3 aromatic rings. The number of aryl methyl sites for hydroxylation is 1. The van der Waals surface area contributed by atoms with Crippen molar-refractivity contribution in [2.45, 2.75) is 39.5 Å². The van der Waals surface area contributed by atoms with Gasteiger partial charge in [-0.25, -0.2) is 4.98 Å². The van der Waals surface area contributed by atoms with Crippen LogP contribution in [0.2, 0.25) is 0 Å². The average molecular weight is 326 g/mol. The van der Waals surface area contributed by atoms with Crippen LogP contribution in [0.4, 0.5) is 5.82 Å². The highest BCUT2D eigenvalue weighted by molar-refractivity contribution is 5.83. The maximum Gasteiger partial charge on any atom is 0.204 e. The first-order valence-electron chi connectivity index (χ1n) is 8.59. The van der Waals surface area contributed by atoms with Crippen molar-refractivity contribution in [2.75, 3.05) is 25.0 Å². The second-order valence-electron chi connectivity index (χ2n) is 6.66. The lowest BCUT2D eigenvalue weighted by molar-refractivity contribution is 0.724. The summed E-state index contributed by atoms with van der Waals surface area (Å²) in [7, 11) is 2.06. The Bertz CT molecular complexity index is 851. The standard InChI is InChI=1S/C18H26N6/c1-12(2)14-7-8-16-15(11-14)20-17(23(4)10-6-5-9-19)18-22-21-13(3)24(16)18/h7-8,11-12H,5-6,9-10,19H2,1-4H3. The number of aromatic nitrogens is 4. The van der Waals surface area contributed by atoms with Crippen LogP contribution in [0.5, 0.6) is 0 Å². The van der Waals surface area contributed by atoms with Crippen LogP contribution in [0.1, 0.15) is 44.0 Å². The average Bonchev–Trinajstić information content (AvgIpc) is 2.96. The van der Waals surface area contributed by atoms with E-state index < -0.39 is 0 Å². The van der Waals surface area contributed by atoms with E-state index in [9.17, 15) is 0 Å². The normalized spacial score (nSPS) is 11.8. The second kappa shape index (κ2) is 6.73. The highest BCUT2D eigenvalue weighted by Crippen LogP contribution is 2.26. The van der Waals surface area contributed by atoms with Crippen molar-refractivity contribution in [3.05, 3.63) is 29.6 Å². The van der Waals surface area contributed by atoms with E-state index in [0.717, 1.165) is 54.3 Å². The molecule has 0 unspecified atom stereocenters. The van der Waals surface area contributed by atoms with Gasteiger partial charge in [-0.3, -0.25) is 4.40 Å². The predicted octanol–water partition coefficient (Wildman–Crippen LogP) is 2.88. The number of nitrogens with zero attached hydrogens (tertiary/aromatic N) is 5. The minimum atomic E-state index is 0.472. The van der Waals surface area contributed by atoms with Gasteiger partial charge in [-0.05, 0) is 49.9 Å². The summed E-state index contributed by atoms with van der Waals surface area (Å²) in [5.41, 5.74) is 9.74. The third-order valence-electron chi connectivity index (χ3n) is 4.47. The fraction of sp³-hybridized carbons (Fsp3) is 0.500. The molecule has 1 aromatic carbocycles. The van der Waals surface area contributed by atoms with Gasteiger partial charge in [0.15, 0.2) is 5.82 Å². The molecule has 2 aromatic heterocycles. The lowest BCUT2D eigenvalue weighted by Gasteiger charge is -2.19. The number of hydrogen-bond donors (Lipinski definition) is 1. The quantitative estimate of drug-likeness (QED) is 0.705. The first-order valence-corrected chi connectivity index (χ1v) is 8.59. The van der Waals surface area contributed by atoms with Crippen LogP contribution in [0.3, 0.4) is 0 Å². The molecule has 2 heterocycles. The van der Waals surface area contributed by atoms with Gasteiger partial charge in [0, 0.05) is 13.6 Å². The fourth-order valence-electron chi connectivity index (χ4n) is 2.99. The third kappa shape index (κ3) is 2.94. The Morgan fingerprint density at radius 2 is 2.00 bits per heavy atom. The van der Waals surface area contributed by atoms with Gasteiger partial charge in [0.2, 0.25) is 5.65 Å². The Balaban J connectivity index is 2.15. The maximum absolute atomic E-state index is 5.61. The monoisotopic (exact) mass is 326 g/mol. The smallest absolute Gasteiger partial charge is 0.204 e. The van der Waals surface area contributed by atoms with E-state index in [0.29, 0.717) is 5.92 Å². The molecular weight excluding hydrogens is 300 g/mol. The molecule has 0 amide bonds. The highest BCUT2D eigenvalue weighted by Gasteiger charge is 2.16. The van der Waals surface area contributed by atoms with E-state index in [1.165, 1.54) is 5.56 Å². The molecule has 3 rings (SSSR count). The van der Waals surface area contributed by atoms with Gasteiger partial charge in [-0.2, -0.15) is 0 Å². The van der Waals surface area contributed by atoms with Crippen molar-refractivity contribution in [3.8, 4) is 0 Å². The van der Waals surface area contributed by atoms with E-state index in [2.05, 4.69) is 58.6 Å². The lowest BCUT2D eigenvalue weighted by Crippen LogP contribution is -2.21. The predicted molar refractivity (Wildman–Crippen MR) is 98.7 cm³/mol. The van der Waals surface area contributed by atoms with Crippen LogP contribution in [-0.2, 0) is 0 Å². The van der Waals surface area contributed by atoms with Crippen LogP contribution in [0.15, 0.2) is 18.2 Å². The number of rotatable bonds is 6. The number of hydrogen-bond acceptors (Lipinski definition) is 5.